The minimum Gasteiger partial charge on any atom is -0.440 e. The zero-order valence-corrected chi connectivity index (χ0v) is 19.1. The molecule has 3 heterocycles. The van der Waals surface area contributed by atoms with Gasteiger partial charge >= 0.3 is 5.69 Å². The molecule has 1 saturated heterocycles. The molecular formula is C25H23ClN4O4. The second-order valence-electron chi connectivity index (χ2n) is 8.46. The Labute approximate surface area is 200 Å². The van der Waals surface area contributed by atoms with Crippen LogP contribution in [0.15, 0.2) is 74.8 Å². The molecule has 8 nitrogen and oxygen atoms in total. The molecule has 0 spiro atoms. The first-order valence-corrected chi connectivity index (χ1v) is 11.5. The highest BCUT2D eigenvalue weighted by molar-refractivity contribution is 6.31. The number of benzene rings is 2. The molecule has 5 rings (SSSR count). The van der Waals surface area contributed by atoms with E-state index in [1.54, 1.807) is 23.1 Å². The fraction of sp³-hybridized carbons (Fsp3) is 0.280. The molecule has 0 aliphatic carbocycles. The Balaban J connectivity index is 1.26. The van der Waals surface area contributed by atoms with Gasteiger partial charge in [0.05, 0.1) is 6.54 Å². The van der Waals surface area contributed by atoms with Crippen molar-refractivity contribution >= 4 is 28.6 Å². The number of nitrogens with zero attached hydrogens (tertiary/aromatic N) is 4. The number of rotatable bonds is 5. The normalized spacial score (nSPS) is 14.6. The lowest BCUT2D eigenvalue weighted by atomic mass is 9.97. The maximum atomic E-state index is 12.9. The van der Waals surface area contributed by atoms with Gasteiger partial charge in [-0.15, -0.1) is 0 Å². The summed E-state index contributed by atoms with van der Waals surface area (Å²) in [5.74, 6) is 0.490. The topological polar surface area (TPSA) is 90.3 Å². The highest BCUT2D eigenvalue weighted by atomic mass is 35.5. The van der Waals surface area contributed by atoms with E-state index in [9.17, 15) is 14.4 Å². The number of hydrogen-bond donors (Lipinski definition) is 0. The second-order valence-corrected chi connectivity index (χ2v) is 8.89. The van der Waals surface area contributed by atoms with Gasteiger partial charge in [0.15, 0.2) is 11.5 Å². The molecule has 1 fully saturated rings. The first-order chi connectivity index (χ1) is 16.5. The van der Waals surface area contributed by atoms with Crippen LogP contribution in [0, 0.1) is 0 Å². The minimum atomic E-state index is -0.496. The number of likely N-dealkylation sites (tertiary alicyclic amines) is 1. The Morgan fingerprint density at radius 2 is 1.82 bits per heavy atom. The Morgan fingerprint density at radius 1 is 1.06 bits per heavy atom. The number of carbonyl (C=O) groups is 1. The molecule has 0 bridgehead atoms. The molecule has 1 aliphatic rings. The van der Waals surface area contributed by atoms with Gasteiger partial charge in [0, 0.05) is 36.3 Å². The second kappa shape index (κ2) is 9.30. The summed E-state index contributed by atoms with van der Waals surface area (Å²) < 4.78 is 8.33. The zero-order chi connectivity index (χ0) is 23.7. The van der Waals surface area contributed by atoms with Crippen LogP contribution in [0.4, 0.5) is 0 Å². The number of aromatic nitrogens is 3. The van der Waals surface area contributed by atoms with E-state index in [2.05, 4.69) is 4.98 Å². The highest BCUT2D eigenvalue weighted by Gasteiger charge is 2.27. The first-order valence-electron chi connectivity index (χ1n) is 11.2. The molecule has 9 heteroatoms. The van der Waals surface area contributed by atoms with Gasteiger partial charge in [0.25, 0.3) is 5.56 Å². The van der Waals surface area contributed by atoms with Crippen LogP contribution in [0.1, 0.15) is 30.2 Å². The zero-order valence-electron chi connectivity index (χ0n) is 18.4. The van der Waals surface area contributed by atoms with Crippen molar-refractivity contribution in [3.8, 4) is 0 Å². The average Bonchev–Trinajstić information content (AvgIpc) is 3.27. The van der Waals surface area contributed by atoms with E-state index in [4.69, 9.17) is 16.0 Å². The summed E-state index contributed by atoms with van der Waals surface area (Å²) in [6, 6.07) is 16.1. The molecule has 0 radical (unpaired) electrons. The number of oxazole rings is 1. The SMILES string of the molecule is O=C(Cn1c(=O)ccn(Cc2ccccc2)c1=O)N1CCC(c2nc3cc(Cl)ccc3o2)CC1. The summed E-state index contributed by atoms with van der Waals surface area (Å²) in [7, 11) is 0. The molecule has 2 aromatic carbocycles. The molecule has 2 aromatic heterocycles. The summed E-state index contributed by atoms with van der Waals surface area (Å²) in [6.45, 7) is 1.06. The predicted octanol–water partition coefficient (Wildman–Crippen LogP) is 3.26. The van der Waals surface area contributed by atoms with Crippen LogP contribution in [0.2, 0.25) is 5.02 Å². The molecule has 1 amide bonds. The van der Waals surface area contributed by atoms with Crippen molar-refractivity contribution in [1.82, 2.24) is 19.0 Å². The smallest absolute Gasteiger partial charge is 0.331 e. The third-order valence-corrected chi connectivity index (χ3v) is 6.43. The minimum absolute atomic E-state index is 0.0952. The number of amides is 1. The van der Waals surface area contributed by atoms with Crippen LogP contribution in [-0.4, -0.2) is 38.0 Å². The summed E-state index contributed by atoms with van der Waals surface area (Å²) in [4.78, 5) is 44.4. The molecule has 0 saturated carbocycles. The van der Waals surface area contributed by atoms with E-state index in [1.807, 2.05) is 30.3 Å². The number of halogens is 1. The first kappa shape index (κ1) is 22.2. The van der Waals surface area contributed by atoms with Crippen molar-refractivity contribution in [1.29, 1.82) is 0 Å². The van der Waals surface area contributed by atoms with Gasteiger partial charge in [0.2, 0.25) is 5.91 Å². The number of fused-ring (bicyclic) bond motifs is 1. The lowest BCUT2D eigenvalue weighted by Crippen LogP contribution is -2.46. The van der Waals surface area contributed by atoms with E-state index >= 15 is 0 Å². The van der Waals surface area contributed by atoms with Gasteiger partial charge in [-0.25, -0.2) is 9.78 Å². The van der Waals surface area contributed by atoms with Crippen molar-refractivity contribution in [2.45, 2.75) is 31.8 Å². The molecule has 4 aromatic rings. The maximum absolute atomic E-state index is 12.9. The largest absolute Gasteiger partial charge is 0.440 e. The van der Waals surface area contributed by atoms with Crippen LogP contribution in [0.3, 0.4) is 0 Å². The van der Waals surface area contributed by atoms with Crippen LogP contribution < -0.4 is 11.2 Å². The fourth-order valence-electron chi connectivity index (χ4n) is 4.31. The van der Waals surface area contributed by atoms with Crippen molar-refractivity contribution in [3.05, 3.63) is 98.1 Å². The van der Waals surface area contributed by atoms with Crippen LogP contribution in [-0.2, 0) is 17.9 Å². The van der Waals surface area contributed by atoms with Gasteiger partial charge in [-0.2, -0.15) is 0 Å². The molecule has 174 valence electrons. The van der Waals surface area contributed by atoms with Crippen molar-refractivity contribution < 1.29 is 9.21 Å². The summed E-state index contributed by atoms with van der Waals surface area (Å²) >= 11 is 6.03. The Morgan fingerprint density at radius 3 is 2.59 bits per heavy atom. The van der Waals surface area contributed by atoms with Crippen molar-refractivity contribution in [2.75, 3.05) is 13.1 Å². The third kappa shape index (κ3) is 4.54. The van der Waals surface area contributed by atoms with Gasteiger partial charge in [-0.05, 0) is 36.6 Å². The van der Waals surface area contributed by atoms with Crippen LogP contribution in [0.5, 0.6) is 0 Å². The van der Waals surface area contributed by atoms with Crippen molar-refractivity contribution in [2.24, 2.45) is 0 Å². The van der Waals surface area contributed by atoms with E-state index in [0.717, 1.165) is 15.6 Å². The molecule has 0 atom stereocenters. The predicted molar refractivity (Wildman–Crippen MR) is 128 cm³/mol. The Hall–Kier alpha value is -3.65. The van der Waals surface area contributed by atoms with Crippen LogP contribution >= 0.6 is 11.6 Å². The Bertz CT molecular complexity index is 1450. The standard InChI is InChI=1S/C25H23ClN4O4/c26-19-6-7-21-20(14-19)27-24(34-21)18-8-11-28(12-9-18)23(32)16-30-22(31)10-13-29(25(30)33)15-17-4-2-1-3-5-17/h1-7,10,13-14,18H,8-9,11-12,15-16H2. The van der Waals surface area contributed by atoms with Gasteiger partial charge in [0.1, 0.15) is 12.1 Å². The molecule has 0 N–H and O–H groups in total. The van der Waals surface area contributed by atoms with E-state index < -0.39 is 11.2 Å². The van der Waals surface area contributed by atoms with Crippen LogP contribution in [0.25, 0.3) is 11.1 Å². The number of carbonyl (C=O) groups excluding carboxylic acids is 1. The lowest BCUT2D eigenvalue weighted by molar-refractivity contribution is -0.133. The highest BCUT2D eigenvalue weighted by Crippen LogP contribution is 2.30. The maximum Gasteiger partial charge on any atom is 0.331 e. The summed E-state index contributed by atoms with van der Waals surface area (Å²) in [6.07, 6.45) is 2.85. The quantitative estimate of drug-likeness (QED) is 0.439. The van der Waals surface area contributed by atoms with E-state index in [-0.39, 0.29) is 18.4 Å². The van der Waals surface area contributed by atoms with E-state index in [1.165, 1.54) is 16.8 Å². The summed E-state index contributed by atoms with van der Waals surface area (Å²) in [5.41, 5.74) is 1.36. The van der Waals surface area contributed by atoms with E-state index in [0.29, 0.717) is 49.0 Å². The van der Waals surface area contributed by atoms with Gasteiger partial charge in [-0.3, -0.25) is 18.7 Å². The molecule has 1 aliphatic heterocycles. The fourth-order valence-corrected chi connectivity index (χ4v) is 4.47. The Kier molecular flexibility index (Phi) is 6.06. The molecule has 34 heavy (non-hydrogen) atoms. The lowest BCUT2D eigenvalue weighted by Gasteiger charge is -2.30. The summed E-state index contributed by atoms with van der Waals surface area (Å²) in [5, 5.41) is 0.603. The van der Waals surface area contributed by atoms with Gasteiger partial charge in [-0.1, -0.05) is 41.9 Å². The number of hydrogen-bond acceptors (Lipinski definition) is 5. The monoisotopic (exact) mass is 478 g/mol. The molecular weight excluding hydrogens is 456 g/mol. The van der Waals surface area contributed by atoms with Gasteiger partial charge < -0.3 is 9.32 Å². The van der Waals surface area contributed by atoms with Crippen molar-refractivity contribution in [3.63, 3.8) is 0 Å². The number of piperidine rings is 1. The third-order valence-electron chi connectivity index (χ3n) is 6.19. The average molecular weight is 479 g/mol. The molecule has 0 unspecified atom stereocenters.